The molecule has 0 fully saturated rings. The van der Waals surface area contributed by atoms with E-state index in [9.17, 15) is 8.78 Å². The van der Waals surface area contributed by atoms with Gasteiger partial charge in [0, 0.05) is 0 Å². The Hall–Kier alpha value is -1.16. The molecule has 0 saturated heterocycles. The smallest absolute Gasteiger partial charge is 0.387 e. The molecule has 2 aromatic carbocycles. The molecule has 0 aliphatic heterocycles. The lowest BCUT2D eigenvalue weighted by Gasteiger charge is -2.08. The van der Waals surface area contributed by atoms with Gasteiger partial charge in [0.15, 0.2) is 0 Å². The largest absolute Gasteiger partial charge is 0.434 e. The Balaban J connectivity index is 2.52. The average molecular weight is 273 g/mol. The van der Waals surface area contributed by atoms with Gasteiger partial charge in [-0.3, -0.25) is 0 Å². The maximum atomic E-state index is 12.1. The predicted octanol–water partition coefficient (Wildman–Crippen LogP) is 4.20. The molecule has 0 aliphatic rings. The molecule has 0 heterocycles. The fourth-order valence-corrected chi connectivity index (χ4v) is 1.83. The Morgan fingerprint density at radius 1 is 1.07 bits per heavy atom. The van der Waals surface area contributed by atoms with Crippen LogP contribution in [0.5, 0.6) is 5.75 Å². The summed E-state index contributed by atoms with van der Waals surface area (Å²) in [6, 6.07) is 10.8. The van der Waals surface area contributed by atoms with Crippen LogP contribution in [0.15, 0.2) is 40.9 Å². The minimum Gasteiger partial charge on any atom is -0.434 e. The first kappa shape index (κ1) is 10.4. The standard InChI is InChI=1S/C11H7BrF2O/c12-9-5-7-3-1-2-4-8(7)6-10(9)15-11(13)14/h1-6,11H. The van der Waals surface area contributed by atoms with Crippen molar-refractivity contribution in [2.24, 2.45) is 0 Å². The van der Waals surface area contributed by atoms with E-state index in [-0.39, 0.29) is 5.75 Å². The van der Waals surface area contributed by atoms with Gasteiger partial charge in [-0.25, -0.2) is 0 Å². The Kier molecular flexibility index (Phi) is 2.86. The van der Waals surface area contributed by atoms with Gasteiger partial charge in [0.1, 0.15) is 5.75 Å². The topological polar surface area (TPSA) is 9.23 Å². The zero-order valence-electron chi connectivity index (χ0n) is 7.58. The summed E-state index contributed by atoms with van der Waals surface area (Å²) in [7, 11) is 0. The summed E-state index contributed by atoms with van der Waals surface area (Å²) in [5.74, 6) is 0.156. The highest BCUT2D eigenvalue weighted by atomic mass is 79.9. The second-order valence-electron chi connectivity index (χ2n) is 3.01. The van der Waals surface area contributed by atoms with Gasteiger partial charge >= 0.3 is 6.61 Å². The minimum atomic E-state index is -2.80. The van der Waals surface area contributed by atoms with Crippen molar-refractivity contribution in [2.45, 2.75) is 6.61 Å². The maximum Gasteiger partial charge on any atom is 0.387 e. The summed E-state index contributed by atoms with van der Waals surface area (Å²) in [5.41, 5.74) is 0. The lowest BCUT2D eigenvalue weighted by atomic mass is 10.1. The van der Waals surface area contributed by atoms with Crippen LogP contribution in [0.3, 0.4) is 0 Å². The minimum absolute atomic E-state index is 0.156. The first-order valence-electron chi connectivity index (χ1n) is 4.30. The van der Waals surface area contributed by atoms with Gasteiger partial charge in [0.25, 0.3) is 0 Å². The van der Waals surface area contributed by atoms with Crippen molar-refractivity contribution in [3.05, 3.63) is 40.9 Å². The molecular formula is C11H7BrF2O. The molecule has 0 amide bonds. The summed E-state index contributed by atoms with van der Waals surface area (Å²) >= 11 is 3.19. The third-order valence-electron chi connectivity index (χ3n) is 2.02. The molecule has 0 N–H and O–H groups in total. The molecule has 1 nitrogen and oxygen atoms in total. The number of fused-ring (bicyclic) bond motifs is 1. The van der Waals surface area contributed by atoms with Crippen LogP contribution in [0.25, 0.3) is 10.8 Å². The van der Waals surface area contributed by atoms with E-state index in [1.807, 2.05) is 24.3 Å². The first-order chi connectivity index (χ1) is 7.16. The summed E-state index contributed by atoms with van der Waals surface area (Å²) in [6.07, 6.45) is 0. The fraction of sp³-hybridized carbons (Fsp3) is 0.0909. The molecule has 0 saturated carbocycles. The summed E-state index contributed by atoms with van der Waals surface area (Å²) in [6.45, 7) is -2.80. The third-order valence-corrected chi connectivity index (χ3v) is 2.64. The van der Waals surface area contributed by atoms with Gasteiger partial charge in [0.05, 0.1) is 4.47 Å². The van der Waals surface area contributed by atoms with Crippen LogP contribution >= 0.6 is 15.9 Å². The van der Waals surface area contributed by atoms with Crippen LogP contribution < -0.4 is 4.74 Å². The summed E-state index contributed by atoms with van der Waals surface area (Å²) in [4.78, 5) is 0. The molecule has 2 aromatic rings. The van der Waals surface area contributed by atoms with Crippen molar-refractivity contribution in [2.75, 3.05) is 0 Å². The van der Waals surface area contributed by atoms with Gasteiger partial charge in [-0.1, -0.05) is 24.3 Å². The molecule has 0 bridgehead atoms. The summed E-state index contributed by atoms with van der Waals surface area (Å²) in [5, 5.41) is 1.85. The molecule has 4 heteroatoms. The van der Waals surface area contributed by atoms with E-state index in [4.69, 9.17) is 0 Å². The second kappa shape index (κ2) is 4.14. The molecule has 0 radical (unpaired) electrons. The molecule has 0 unspecified atom stereocenters. The van der Waals surface area contributed by atoms with Crippen molar-refractivity contribution < 1.29 is 13.5 Å². The van der Waals surface area contributed by atoms with E-state index in [1.165, 1.54) is 0 Å². The maximum absolute atomic E-state index is 12.1. The Morgan fingerprint density at radius 2 is 1.67 bits per heavy atom. The molecule has 0 aromatic heterocycles. The number of halogens is 3. The molecule has 15 heavy (non-hydrogen) atoms. The zero-order valence-corrected chi connectivity index (χ0v) is 9.17. The molecule has 78 valence electrons. The van der Waals surface area contributed by atoms with Crippen molar-refractivity contribution in [1.29, 1.82) is 0 Å². The van der Waals surface area contributed by atoms with E-state index in [0.29, 0.717) is 4.47 Å². The zero-order chi connectivity index (χ0) is 10.8. The summed E-state index contributed by atoms with van der Waals surface area (Å²) < 4.78 is 29.0. The van der Waals surface area contributed by atoms with E-state index in [1.54, 1.807) is 12.1 Å². The second-order valence-corrected chi connectivity index (χ2v) is 3.86. The van der Waals surface area contributed by atoms with Crippen LogP contribution in [0.4, 0.5) is 8.78 Å². The Bertz CT molecular complexity index is 485. The Morgan fingerprint density at radius 3 is 2.27 bits per heavy atom. The van der Waals surface area contributed by atoms with Gasteiger partial charge in [0.2, 0.25) is 0 Å². The van der Waals surface area contributed by atoms with E-state index in [2.05, 4.69) is 20.7 Å². The van der Waals surface area contributed by atoms with Crippen molar-refractivity contribution >= 4 is 26.7 Å². The first-order valence-corrected chi connectivity index (χ1v) is 5.09. The van der Waals surface area contributed by atoms with Crippen LogP contribution in [-0.4, -0.2) is 6.61 Å². The Labute approximate surface area is 93.8 Å². The highest BCUT2D eigenvalue weighted by Gasteiger charge is 2.08. The average Bonchev–Trinajstić information content (AvgIpc) is 2.18. The SMILES string of the molecule is FC(F)Oc1cc2ccccc2cc1Br. The highest BCUT2D eigenvalue weighted by Crippen LogP contribution is 2.31. The van der Waals surface area contributed by atoms with Crippen LogP contribution in [0.2, 0.25) is 0 Å². The van der Waals surface area contributed by atoms with Crippen molar-refractivity contribution in [3.63, 3.8) is 0 Å². The number of benzene rings is 2. The predicted molar refractivity (Wildman–Crippen MR) is 58.3 cm³/mol. The monoisotopic (exact) mass is 272 g/mol. The molecule has 0 spiro atoms. The van der Waals surface area contributed by atoms with Crippen molar-refractivity contribution in [3.8, 4) is 5.75 Å². The number of alkyl halides is 2. The normalized spacial score (nSPS) is 10.9. The van der Waals surface area contributed by atoms with E-state index < -0.39 is 6.61 Å². The highest BCUT2D eigenvalue weighted by molar-refractivity contribution is 9.10. The number of ether oxygens (including phenoxy) is 1. The van der Waals surface area contributed by atoms with Gasteiger partial charge in [-0.05, 0) is 38.8 Å². The lowest BCUT2D eigenvalue weighted by Crippen LogP contribution is -2.02. The van der Waals surface area contributed by atoms with Gasteiger partial charge < -0.3 is 4.74 Å². The van der Waals surface area contributed by atoms with E-state index in [0.717, 1.165) is 10.8 Å². The lowest BCUT2D eigenvalue weighted by molar-refractivity contribution is -0.0502. The number of hydrogen-bond acceptors (Lipinski definition) is 1. The third kappa shape index (κ3) is 2.26. The number of rotatable bonds is 2. The molecular weight excluding hydrogens is 266 g/mol. The van der Waals surface area contributed by atoms with Crippen LogP contribution in [0.1, 0.15) is 0 Å². The molecule has 2 rings (SSSR count). The fourth-order valence-electron chi connectivity index (χ4n) is 1.38. The van der Waals surface area contributed by atoms with Gasteiger partial charge in [-0.2, -0.15) is 8.78 Å². The molecule has 0 atom stereocenters. The van der Waals surface area contributed by atoms with Gasteiger partial charge in [-0.15, -0.1) is 0 Å². The van der Waals surface area contributed by atoms with Crippen LogP contribution in [-0.2, 0) is 0 Å². The van der Waals surface area contributed by atoms with E-state index >= 15 is 0 Å². The number of hydrogen-bond donors (Lipinski definition) is 0. The molecule has 0 aliphatic carbocycles. The van der Waals surface area contributed by atoms with Crippen LogP contribution in [0, 0.1) is 0 Å². The van der Waals surface area contributed by atoms with Crippen molar-refractivity contribution in [1.82, 2.24) is 0 Å². The quantitative estimate of drug-likeness (QED) is 0.796.